The van der Waals surface area contributed by atoms with Gasteiger partial charge in [0.15, 0.2) is 0 Å². The van der Waals surface area contributed by atoms with Gasteiger partial charge in [0.25, 0.3) is 10.1 Å². The predicted octanol–water partition coefficient (Wildman–Crippen LogP) is 5.97. The number of nitrogens with zero attached hydrogens (tertiary/aromatic N) is 1. The lowest BCUT2D eigenvalue weighted by atomic mass is 10.1. The summed E-state index contributed by atoms with van der Waals surface area (Å²) in [6.07, 6.45) is -3.73. The highest BCUT2D eigenvalue weighted by molar-refractivity contribution is 7.86. The van der Waals surface area contributed by atoms with Crippen molar-refractivity contribution in [2.24, 2.45) is 4.99 Å². The number of alkyl halides is 8. The topological polar surface area (TPSA) is 55.7 Å². The van der Waals surface area contributed by atoms with E-state index in [0.29, 0.717) is 10.6 Å². The van der Waals surface area contributed by atoms with Crippen molar-refractivity contribution in [1.82, 2.24) is 0 Å². The van der Waals surface area contributed by atoms with E-state index in [1.807, 2.05) is 0 Å². The van der Waals surface area contributed by atoms with Crippen LogP contribution in [0.1, 0.15) is 5.56 Å². The van der Waals surface area contributed by atoms with Crippen LogP contribution in [0.4, 0.5) is 40.8 Å². The van der Waals surface area contributed by atoms with Crippen LogP contribution in [0.15, 0.2) is 58.4 Å². The molecular formula is C18H12ClF8NO3S. The molecular weight excluding hydrogens is 498 g/mol. The predicted molar refractivity (Wildman–Crippen MR) is 99.1 cm³/mol. The van der Waals surface area contributed by atoms with E-state index in [1.165, 1.54) is 6.21 Å². The Morgan fingerprint density at radius 2 is 1.47 bits per heavy atom. The molecule has 0 aliphatic heterocycles. The summed E-state index contributed by atoms with van der Waals surface area (Å²) in [6, 6.07) is 10.3. The van der Waals surface area contributed by atoms with Crippen molar-refractivity contribution in [3.63, 3.8) is 0 Å². The van der Waals surface area contributed by atoms with Crippen molar-refractivity contribution < 1.29 is 47.7 Å². The van der Waals surface area contributed by atoms with E-state index in [9.17, 15) is 43.5 Å². The zero-order valence-corrected chi connectivity index (χ0v) is 17.0. The smallest absolute Gasteiger partial charge is 0.260 e. The average molecular weight is 510 g/mol. The van der Waals surface area contributed by atoms with E-state index in [1.54, 1.807) is 24.3 Å². The minimum Gasteiger partial charge on any atom is -0.260 e. The molecule has 0 fully saturated rings. The van der Waals surface area contributed by atoms with Gasteiger partial charge in [0, 0.05) is 11.2 Å². The first kappa shape index (κ1) is 26.0. The Hall–Kier alpha value is -2.25. The second-order valence-electron chi connectivity index (χ2n) is 6.22. The lowest BCUT2D eigenvalue weighted by Crippen LogP contribution is -2.59. The van der Waals surface area contributed by atoms with Crippen molar-refractivity contribution in [2.45, 2.75) is 29.1 Å². The minimum atomic E-state index is -6.58. The van der Waals surface area contributed by atoms with E-state index in [2.05, 4.69) is 9.18 Å². The molecule has 14 heteroatoms. The third-order valence-corrected chi connectivity index (χ3v) is 5.44. The molecule has 0 N–H and O–H groups in total. The van der Waals surface area contributed by atoms with Crippen LogP contribution in [0.25, 0.3) is 0 Å². The quantitative estimate of drug-likeness (QED) is 0.238. The number of halogens is 9. The standard InChI is InChI=1S/C18H12ClF8NO3S/c19-12-3-1-11(2-4-12)9-28-13-5-7-14(8-6-13)32(29,30)31-10-16(22,23)18(26,27)17(24,25)15(20)21/h1-9,15H,10H2. The maximum absolute atomic E-state index is 13.5. The summed E-state index contributed by atoms with van der Waals surface area (Å²) in [5, 5.41) is 0.484. The molecule has 0 aliphatic rings. The fourth-order valence-electron chi connectivity index (χ4n) is 2.09. The summed E-state index contributed by atoms with van der Waals surface area (Å²) in [6.45, 7) is -2.79. The summed E-state index contributed by atoms with van der Waals surface area (Å²) in [5.41, 5.74) is 0.838. The fraction of sp³-hybridized carbons (Fsp3) is 0.278. The van der Waals surface area contributed by atoms with Crippen LogP contribution in [-0.4, -0.2) is 45.4 Å². The first-order valence-corrected chi connectivity index (χ1v) is 10.1. The molecule has 2 aromatic rings. The van der Waals surface area contributed by atoms with Gasteiger partial charge in [-0.15, -0.1) is 0 Å². The highest BCUT2D eigenvalue weighted by Crippen LogP contribution is 2.48. The Labute approximate surface area is 181 Å². The molecule has 0 atom stereocenters. The highest BCUT2D eigenvalue weighted by atomic mass is 35.5. The third-order valence-electron chi connectivity index (χ3n) is 3.91. The minimum absolute atomic E-state index is 0.201. The summed E-state index contributed by atoms with van der Waals surface area (Å²) < 4.78 is 131. The van der Waals surface area contributed by atoms with Crippen LogP contribution in [0.5, 0.6) is 0 Å². The van der Waals surface area contributed by atoms with Gasteiger partial charge in [0.1, 0.15) is 6.61 Å². The number of hydrogen-bond acceptors (Lipinski definition) is 4. The summed E-state index contributed by atoms with van der Waals surface area (Å²) in [4.78, 5) is 3.22. The van der Waals surface area contributed by atoms with Crippen LogP contribution < -0.4 is 0 Å². The van der Waals surface area contributed by atoms with Crippen LogP contribution >= 0.6 is 11.6 Å². The number of rotatable bonds is 9. The second-order valence-corrected chi connectivity index (χ2v) is 8.27. The Bertz CT molecular complexity index is 1060. The summed E-state index contributed by atoms with van der Waals surface area (Å²) in [5.74, 6) is -18.9. The lowest BCUT2D eigenvalue weighted by Gasteiger charge is -2.31. The van der Waals surface area contributed by atoms with Gasteiger partial charge >= 0.3 is 24.2 Å². The van der Waals surface area contributed by atoms with E-state index >= 15 is 0 Å². The van der Waals surface area contributed by atoms with Crippen LogP contribution in [0, 0.1) is 0 Å². The van der Waals surface area contributed by atoms with Gasteiger partial charge in [-0.1, -0.05) is 23.7 Å². The van der Waals surface area contributed by atoms with Crippen LogP contribution in [0.3, 0.4) is 0 Å². The Morgan fingerprint density at radius 3 is 1.97 bits per heavy atom. The van der Waals surface area contributed by atoms with E-state index < -0.39 is 45.8 Å². The fourth-order valence-corrected chi connectivity index (χ4v) is 3.12. The second kappa shape index (κ2) is 9.32. The molecule has 4 nitrogen and oxygen atoms in total. The summed E-state index contributed by atoms with van der Waals surface area (Å²) >= 11 is 5.73. The molecule has 32 heavy (non-hydrogen) atoms. The van der Waals surface area contributed by atoms with Crippen molar-refractivity contribution in [2.75, 3.05) is 6.61 Å². The molecule has 0 heterocycles. The van der Waals surface area contributed by atoms with Crippen LogP contribution in [-0.2, 0) is 14.3 Å². The monoisotopic (exact) mass is 509 g/mol. The molecule has 0 aromatic heterocycles. The van der Waals surface area contributed by atoms with Gasteiger partial charge in [-0.05, 0) is 42.0 Å². The molecule has 0 spiro atoms. The molecule has 176 valence electrons. The Morgan fingerprint density at radius 1 is 0.938 bits per heavy atom. The maximum atomic E-state index is 13.5. The van der Waals surface area contributed by atoms with Gasteiger partial charge in [-0.2, -0.15) is 34.8 Å². The van der Waals surface area contributed by atoms with Crippen molar-refractivity contribution >= 4 is 33.6 Å². The number of aliphatic imine (C=N–C) groups is 1. The van der Waals surface area contributed by atoms with E-state index in [0.717, 1.165) is 24.3 Å². The molecule has 0 bridgehead atoms. The van der Waals surface area contributed by atoms with Gasteiger partial charge in [-0.25, -0.2) is 8.78 Å². The average Bonchev–Trinajstić information content (AvgIpc) is 2.72. The molecule has 0 radical (unpaired) electrons. The van der Waals surface area contributed by atoms with E-state index in [4.69, 9.17) is 11.6 Å². The van der Waals surface area contributed by atoms with Gasteiger partial charge in [0.05, 0.1) is 10.6 Å². The molecule has 0 unspecified atom stereocenters. The highest BCUT2D eigenvalue weighted by Gasteiger charge is 2.75. The lowest BCUT2D eigenvalue weighted by molar-refractivity contribution is -0.342. The SMILES string of the molecule is O=S(=O)(OCC(F)(F)C(F)(F)C(F)(F)C(F)F)c1ccc(N=Cc2ccc(Cl)cc2)cc1. The van der Waals surface area contributed by atoms with Crippen molar-refractivity contribution in [1.29, 1.82) is 0 Å². The largest absolute Gasteiger partial charge is 0.380 e. The number of hydrogen-bond donors (Lipinski definition) is 0. The first-order chi connectivity index (χ1) is 14.6. The third kappa shape index (κ3) is 5.56. The number of benzene rings is 2. The molecule has 0 amide bonds. The first-order valence-electron chi connectivity index (χ1n) is 8.31. The molecule has 0 saturated heterocycles. The molecule has 0 saturated carbocycles. The van der Waals surface area contributed by atoms with E-state index in [-0.39, 0.29) is 5.69 Å². The summed E-state index contributed by atoms with van der Waals surface area (Å²) in [7, 11) is -5.12. The van der Waals surface area contributed by atoms with Gasteiger partial charge in [-0.3, -0.25) is 9.18 Å². The zero-order valence-electron chi connectivity index (χ0n) is 15.5. The van der Waals surface area contributed by atoms with Crippen molar-refractivity contribution in [3.8, 4) is 0 Å². The normalized spacial score (nSPS) is 13.8. The Balaban J connectivity index is 2.12. The molecule has 2 rings (SSSR count). The van der Waals surface area contributed by atoms with Gasteiger partial charge in [0.2, 0.25) is 0 Å². The molecule has 2 aromatic carbocycles. The Kier molecular flexibility index (Phi) is 7.57. The van der Waals surface area contributed by atoms with Crippen molar-refractivity contribution in [3.05, 3.63) is 59.1 Å². The van der Waals surface area contributed by atoms with Crippen LogP contribution in [0.2, 0.25) is 5.02 Å². The van der Waals surface area contributed by atoms with Gasteiger partial charge < -0.3 is 0 Å². The molecule has 0 aliphatic carbocycles. The zero-order chi connectivity index (χ0) is 24.4. The maximum Gasteiger partial charge on any atom is 0.380 e.